The first kappa shape index (κ1) is 18.9. The molecule has 27 heavy (non-hydrogen) atoms. The maximum atomic E-state index is 13.0. The third-order valence-corrected chi connectivity index (χ3v) is 4.94. The van der Waals surface area contributed by atoms with Gasteiger partial charge in [-0.3, -0.25) is 0 Å². The third-order valence-electron chi connectivity index (χ3n) is 4.94. The van der Waals surface area contributed by atoms with Gasteiger partial charge in [0.2, 0.25) is 0 Å². The summed E-state index contributed by atoms with van der Waals surface area (Å²) in [5.41, 5.74) is 2.79. The van der Waals surface area contributed by atoms with Crippen molar-refractivity contribution in [2.24, 2.45) is 0 Å². The van der Waals surface area contributed by atoms with Crippen LogP contribution in [0, 0.1) is 0 Å². The van der Waals surface area contributed by atoms with Gasteiger partial charge in [0.1, 0.15) is 11.5 Å². The molecule has 0 spiro atoms. The zero-order chi connectivity index (χ0) is 19.4. The number of hydrogen-bond acceptors (Lipinski definition) is 4. The molecule has 1 heterocycles. The smallest absolute Gasteiger partial charge is 0.322 e. The van der Waals surface area contributed by atoms with Gasteiger partial charge in [0.05, 0.1) is 31.6 Å². The highest BCUT2D eigenvalue weighted by atomic mass is 16.5. The largest absolute Gasteiger partial charge is 0.497 e. The number of nitrogens with one attached hydrogen (secondary N) is 1. The lowest BCUT2D eigenvalue weighted by Gasteiger charge is -2.27. The second-order valence-corrected chi connectivity index (χ2v) is 6.80. The number of anilines is 2. The number of ether oxygens (including phenoxy) is 2. The fourth-order valence-corrected chi connectivity index (χ4v) is 3.58. The molecule has 1 atom stereocenters. The van der Waals surface area contributed by atoms with E-state index in [9.17, 15) is 4.79 Å². The average molecular weight is 369 g/mol. The third kappa shape index (κ3) is 3.94. The second kappa shape index (κ2) is 8.20. The summed E-state index contributed by atoms with van der Waals surface area (Å²) in [5.74, 6) is 1.48. The standard InChI is InChI=1S/C21H27N3O3/c1-23(2)19-9-6-5-8-17(19)22-21(25)24-13-7-10-18(24)16-12-11-15(26-3)14-20(16)27-4/h5-6,8-9,11-12,14,18H,7,10,13H2,1-4H3,(H,22,25). The molecule has 2 aromatic rings. The van der Waals surface area contributed by atoms with Gasteiger partial charge in [-0.05, 0) is 37.1 Å². The van der Waals surface area contributed by atoms with Crippen LogP contribution in [0.2, 0.25) is 0 Å². The first-order chi connectivity index (χ1) is 13.0. The summed E-state index contributed by atoms with van der Waals surface area (Å²) in [7, 11) is 7.20. The van der Waals surface area contributed by atoms with E-state index in [1.54, 1.807) is 14.2 Å². The van der Waals surface area contributed by atoms with Crippen LogP contribution in [0.4, 0.5) is 16.2 Å². The first-order valence-corrected chi connectivity index (χ1v) is 9.11. The highest BCUT2D eigenvalue weighted by Crippen LogP contribution is 2.39. The van der Waals surface area contributed by atoms with E-state index in [1.165, 1.54) is 0 Å². The van der Waals surface area contributed by atoms with Gasteiger partial charge in [-0.25, -0.2) is 4.79 Å². The zero-order valence-corrected chi connectivity index (χ0v) is 16.4. The lowest BCUT2D eigenvalue weighted by atomic mass is 10.0. The molecule has 6 heteroatoms. The average Bonchev–Trinajstić information content (AvgIpc) is 3.17. The van der Waals surface area contributed by atoms with Gasteiger partial charge < -0.3 is 24.6 Å². The van der Waals surface area contributed by atoms with E-state index in [1.807, 2.05) is 66.4 Å². The monoisotopic (exact) mass is 369 g/mol. The van der Waals surface area contributed by atoms with Crippen LogP contribution in [0.15, 0.2) is 42.5 Å². The van der Waals surface area contributed by atoms with Crippen molar-refractivity contribution in [3.63, 3.8) is 0 Å². The Kier molecular flexibility index (Phi) is 5.74. The van der Waals surface area contributed by atoms with Crippen molar-refractivity contribution in [1.29, 1.82) is 0 Å². The maximum absolute atomic E-state index is 13.0. The van der Waals surface area contributed by atoms with Crippen LogP contribution < -0.4 is 19.7 Å². The number of methoxy groups -OCH3 is 2. The van der Waals surface area contributed by atoms with E-state index in [-0.39, 0.29) is 12.1 Å². The van der Waals surface area contributed by atoms with Gasteiger partial charge in [-0.2, -0.15) is 0 Å². The van der Waals surface area contributed by atoms with Gasteiger partial charge in [0.25, 0.3) is 0 Å². The summed E-state index contributed by atoms with van der Waals surface area (Å²) in [4.78, 5) is 16.9. The summed E-state index contributed by atoms with van der Waals surface area (Å²) in [5, 5.41) is 3.07. The van der Waals surface area contributed by atoms with Crippen LogP contribution in [-0.4, -0.2) is 45.8 Å². The van der Waals surface area contributed by atoms with Gasteiger partial charge in [0, 0.05) is 32.3 Å². The van der Waals surface area contributed by atoms with Crippen molar-refractivity contribution in [2.45, 2.75) is 18.9 Å². The van der Waals surface area contributed by atoms with Crippen molar-refractivity contribution in [1.82, 2.24) is 4.90 Å². The summed E-state index contributed by atoms with van der Waals surface area (Å²) in [6.07, 6.45) is 1.87. The number of carbonyl (C=O) groups is 1. The van der Waals surface area contributed by atoms with Crippen molar-refractivity contribution in [3.05, 3.63) is 48.0 Å². The fourth-order valence-electron chi connectivity index (χ4n) is 3.58. The number of nitrogens with zero attached hydrogens (tertiary/aromatic N) is 2. The molecule has 0 saturated carbocycles. The van der Waals surface area contributed by atoms with E-state index in [4.69, 9.17) is 9.47 Å². The van der Waals surface area contributed by atoms with Crippen LogP contribution in [0.3, 0.4) is 0 Å². The van der Waals surface area contributed by atoms with Crippen LogP contribution in [0.1, 0.15) is 24.4 Å². The Morgan fingerprint density at radius 1 is 1.15 bits per heavy atom. The quantitative estimate of drug-likeness (QED) is 0.861. The molecule has 2 amide bonds. The number of amides is 2. The molecule has 1 saturated heterocycles. The van der Waals surface area contributed by atoms with E-state index < -0.39 is 0 Å². The van der Waals surface area contributed by atoms with Gasteiger partial charge in [-0.1, -0.05) is 12.1 Å². The Hall–Kier alpha value is -2.89. The number of para-hydroxylation sites is 2. The van der Waals surface area contributed by atoms with Gasteiger partial charge in [0.15, 0.2) is 0 Å². The Morgan fingerprint density at radius 2 is 1.93 bits per heavy atom. The molecule has 1 unspecified atom stereocenters. The van der Waals surface area contributed by atoms with Crippen LogP contribution in [-0.2, 0) is 0 Å². The predicted octanol–water partition coefficient (Wildman–Crippen LogP) is 4.14. The zero-order valence-electron chi connectivity index (χ0n) is 16.4. The van der Waals surface area contributed by atoms with Crippen molar-refractivity contribution < 1.29 is 14.3 Å². The lowest BCUT2D eigenvalue weighted by molar-refractivity contribution is 0.206. The molecule has 1 fully saturated rings. The molecule has 0 bridgehead atoms. The first-order valence-electron chi connectivity index (χ1n) is 9.11. The minimum atomic E-state index is -0.0929. The fraction of sp³-hybridized carbons (Fsp3) is 0.381. The highest BCUT2D eigenvalue weighted by molar-refractivity contribution is 5.93. The Balaban J connectivity index is 1.84. The predicted molar refractivity (Wildman–Crippen MR) is 108 cm³/mol. The molecule has 1 N–H and O–H groups in total. The topological polar surface area (TPSA) is 54.0 Å². The van der Waals surface area contributed by atoms with E-state index in [0.717, 1.165) is 47.8 Å². The molecule has 2 aromatic carbocycles. The highest BCUT2D eigenvalue weighted by Gasteiger charge is 2.32. The minimum Gasteiger partial charge on any atom is -0.497 e. The minimum absolute atomic E-state index is 0.0163. The maximum Gasteiger partial charge on any atom is 0.322 e. The number of rotatable bonds is 5. The molecule has 0 radical (unpaired) electrons. The second-order valence-electron chi connectivity index (χ2n) is 6.80. The number of carbonyl (C=O) groups excluding carboxylic acids is 1. The number of urea groups is 1. The van der Waals surface area contributed by atoms with Crippen LogP contribution in [0.5, 0.6) is 11.5 Å². The van der Waals surface area contributed by atoms with Crippen molar-refractivity contribution >= 4 is 17.4 Å². The molecular weight excluding hydrogens is 342 g/mol. The SMILES string of the molecule is COc1ccc(C2CCCN2C(=O)Nc2ccccc2N(C)C)c(OC)c1. The van der Waals surface area contributed by atoms with E-state index in [2.05, 4.69) is 5.32 Å². The van der Waals surface area contributed by atoms with E-state index >= 15 is 0 Å². The Labute approximate surface area is 160 Å². The summed E-state index contributed by atoms with van der Waals surface area (Å²) in [6.45, 7) is 0.718. The molecule has 3 rings (SSSR count). The van der Waals surface area contributed by atoms with Crippen LogP contribution in [0.25, 0.3) is 0 Å². The molecule has 0 aliphatic carbocycles. The molecule has 1 aliphatic heterocycles. The summed E-state index contributed by atoms with van der Waals surface area (Å²) in [6, 6.07) is 13.5. The number of hydrogen-bond donors (Lipinski definition) is 1. The van der Waals surface area contributed by atoms with Crippen LogP contribution >= 0.6 is 0 Å². The Bertz CT molecular complexity index is 807. The van der Waals surface area contributed by atoms with Gasteiger partial charge >= 0.3 is 6.03 Å². The van der Waals surface area contributed by atoms with E-state index in [0.29, 0.717) is 0 Å². The summed E-state index contributed by atoms with van der Waals surface area (Å²) < 4.78 is 10.8. The molecule has 144 valence electrons. The Morgan fingerprint density at radius 3 is 2.63 bits per heavy atom. The van der Waals surface area contributed by atoms with Crippen molar-refractivity contribution in [3.8, 4) is 11.5 Å². The normalized spacial score (nSPS) is 16.1. The molecule has 6 nitrogen and oxygen atoms in total. The molecular formula is C21H27N3O3. The lowest BCUT2D eigenvalue weighted by Crippen LogP contribution is -2.35. The van der Waals surface area contributed by atoms with Gasteiger partial charge in [-0.15, -0.1) is 0 Å². The number of likely N-dealkylation sites (tertiary alicyclic amines) is 1. The molecule has 1 aliphatic rings. The molecule has 0 aromatic heterocycles. The summed E-state index contributed by atoms with van der Waals surface area (Å²) >= 11 is 0. The number of benzene rings is 2. The van der Waals surface area contributed by atoms with Crippen molar-refractivity contribution in [2.75, 3.05) is 45.1 Å².